The molecule has 0 saturated carbocycles. The third-order valence-corrected chi connectivity index (χ3v) is 3.18. The molecule has 0 aliphatic rings. The standard InChI is InChI=1S/C10H18IN3/c1-5-6-7-14-9(11)8(12-13-14)10(2,3)4/h5-7H2,1-4H3. The van der Waals surface area contributed by atoms with E-state index in [-0.39, 0.29) is 5.41 Å². The first-order chi connectivity index (χ1) is 6.46. The predicted molar refractivity (Wildman–Crippen MR) is 66.3 cm³/mol. The normalized spacial score (nSPS) is 12.1. The van der Waals surface area contributed by atoms with Crippen molar-refractivity contribution in [2.75, 3.05) is 0 Å². The Balaban J connectivity index is 2.86. The molecule has 0 atom stereocenters. The highest BCUT2D eigenvalue weighted by atomic mass is 127. The van der Waals surface area contributed by atoms with Crippen molar-refractivity contribution in [1.29, 1.82) is 0 Å². The Morgan fingerprint density at radius 2 is 2.00 bits per heavy atom. The Kier molecular flexibility index (Phi) is 3.92. The van der Waals surface area contributed by atoms with E-state index >= 15 is 0 Å². The summed E-state index contributed by atoms with van der Waals surface area (Å²) in [5.41, 5.74) is 1.20. The van der Waals surface area contributed by atoms with Crippen molar-refractivity contribution in [3.05, 3.63) is 9.39 Å². The van der Waals surface area contributed by atoms with Gasteiger partial charge in [-0.25, -0.2) is 4.68 Å². The van der Waals surface area contributed by atoms with E-state index in [0.717, 1.165) is 12.2 Å². The van der Waals surface area contributed by atoms with Crippen molar-refractivity contribution < 1.29 is 0 Å². The number of aromatic nitrogens is 3. The van der Waals surface area contributed by atoms with Gasteiger partial charge in [0.05, 0.1) is 0 Å². The summed E-state index contributed by atoms with van der Waals surface area (Å²) in [6.45, 7) is 9.68. The molecule has 0 spiro atoms. The average molecular weight is 307 g/mol. The molecule has 0 fully saturated rings. The summed E-state index contributed by atoms with van der Waals surface area (Å²) in [4.78, 5) is 0. The van der Waals surface area contributed by atoms with Crippen molar-refractivity contribution >= 4 is 22.6 Å². The van der Waals surface area contributed by atoms with Gasteiger partial charge in [0.1, 0.15) is 9.39 Å². The molecule has 1 heterocycles. The van der Waals surface area contributed by atoms with Gasteiger partial charge in [0.2, 0.25) is 0 Å². The first-order valence-electron chi connectivity index (χ1n) is 5.06. The van der Waals surface area contributed by atoms with Gasteiger partial charge in [-0.2, -0.15) is 0 Å². The quantitative estimate of drug-likeness (QED) is 0.804. The number of rotatable bonds is 3. The molecular weight excluding hydrogens is 289 g/mol. The fourth-order valence-electron chi connectivity index (χ4n) is 1.21. The van der Waals surface area contributed by atoms with Gasteiger partial charge >= 0.3 is 0 Å². The maximum absolute atomic E-state index is 4.25. The molecule has 0 unspecified atom stereocenters. The number of hydrogen-bond acceptors (Lipinski definition) is 2. The molecule has 3 nitrogen and oxygen atoms in total. The van der Waals surface area contributed by atoms with Crippen LogP contribution in [0.5, 0.6) is 0 Å². The molecule has 14 heavy (non-hydrogen) atoms. The van der Waals surface area contributed by atoms with E-state index in [2.05, 4.69) is 60.6 Å². The first-order valence-corrected chi connectivity index (χ1v) is 6.14. The molecule has 0 aromatic carbocycles. The van der Waals surface area contributed by atoms with Crippen LogP contribution in [-0.2, 0) is 12.0 Å². The first kappa shape index (κ1) is 11.9. The lowest BCUT2D eigenvalue weighted by atomic mass is 9.93. The van der Waals surface area contributed by atoms with Crippen LogP contribution in [0.15, 0.2) is 0 Å². The Morgan fingerprint density at radius 1 is 1.36 bits per heavy atom. The lowest BCUT2D eigenvalue weighted by Crippen LogP contribution is -2.14. The van der Waals surface area contributed by atoms with Crippen LogP contribution in [0, 0.1) is 3.70 Å². The lowest BCUT2D eigenvalue weighted by molar-refractivity contribution is 0.543. The van der Waals surface area contributed by atoms with Crippen LogP contribution in [-0.4, -0.2) is 15.0 Å². The van der Waals surface area contributed by atoms with Gasteiger partial charge in [0.25, 0.3) is 0 Å². The fourth-order valence-corrected chi connectivity index (χ4v) is 2.47. The smallest absolute Gasteiger partial charge is 0.123 e. The van der Waals surface area contributed by atoms with E-state index in [0.29, 0.717) is 0 Å². The van der Waals surface area contributed by atoms with Crippen LogP contribution in [0.3, 0.4) is 0 Å². The average Bonchev–Trinajstić information content (AvgIpc) is 2.42. The molecule has 0 amide bonds. The van der Waals surface area contributed by atoms with Crippen LogP contribution in [0.2, 0.25) is 0 Å². The van der Waals surface area contributed by atoms with Crippen LogP contribution in [0.25, 0.3) is 0 Å². The molecule has 0 N–H and O–H groups in total. The van der Waals surface area contributed by atoms with Gasteiger partial charge < -0.3 is 0 Å². The number of nitrogens with zero attached hydrogens (tertiary/aromatic N) is 3. The van der Waals surface area contributed by atoms with Crippen LogP contribution in [0.1, 0.15) is 46.2 Å². The summed E-state index contributed by atoms with van der Waals surface area (Å²) in [6.07, 6.45) is 2.36. The van der Waals surface area contributed by atoms with E-state index in [1.54, 1.807) is 0 Å². The molecule has 0 saturated heterocycles. The van der Waals surface area contributed by atoms with Crippen LogP contribution >= 0.6 is 22.6 Å². The summed E-state index contributed by atoms with van der Waals surface area (Å²) < 4.78 is 3.19. The van der Waals surface area contributed by atoms with Gasteiger partial charge in [-0.15, -0.1) is 5.10 Å². The molecule has 0 aliphatic heterocycles. The Bertz CT molecular complexity index is 299. The molecule has 0 radical (unpaired) electrons. The minimum Gasteiger partial charge on any atom is -0.239 e. The topological polar surface area (TPSA) is 30.7 Å². The Labute approximate surface area is 99.4 Å². The monoisotopic (exact) mass is 307 g/mol. The summed E-state index contributed by atoms with van der Waals surface area (Å²) in [7, 11) is 0. The van der Waals surface area contributed by atoms with Gasteiger partial charge in [-0.1, -0.05) is 39.3 Å². The largest absolute Gasteiger partial charge is 0.239 e. The number of unbranched alkanes of at least 4 members (excludes halogenated alkanes) is 1. The minimum absolute atomic E-state index is 0.0982. The second kappa shape index (κ2) is 4.59. The summed E-state index contributed by atoms with van der Waals surface area (Å²) in [6, 6.07) is 0. The molecule has 1 aromatic rings. The van der Waals surface area contributed by atoms with Crippen LogP contribution in [0.4, 0.5) is 0 Å². The highest BCUT2D eigenvalue weighted by molar-refractivity contribution is 14.1. The number of hydrogen-bond donors (Lipinski definition) is 0. The molecule has 1 rings (SSSR count). The number of aryl methyl sites for hydroxylation is 1. The maximum atomic E-state index is 4.25. The van der Waals surface area contributed by atoms with Crippen LogP contribution < -0.4 is 0 Å². The van der Waals surface area contributed by atoms with E-state index in [1.165, 1.54) is 16.5 Å². The van der Waals surface area contributed by atoms with Gasteiger partial charge in [-0.05, 0) is 29.0 Å². The zero-order valence-electron chi connectivity index (χ0n) is 9.34. The van der Waals surface area contributed by atoms with Gasteiger partial charge in [0.15, 0.2) is 0 Å². The highest BCUT2D eigenvalue weighted by Gasteiger charge is 2.22. The van der Waals surface area contributed by atoms with Crippen molar-refractivity contribution in [3.63, 3.8) is 0 Å². The Morgan fingerprint density at radius 3 is 2.43 bits per heavy atom. The van der Waals surface area contributed by atoms with Crippen molar-refractivity contribution in [2.24, 2.45) is 0 Å². The zero-order chi connectivity index (χ0) is 10.8. The molecule has 1 aromatic heterocycles. The summed E-state index contributed by atoms with van der Waals surface area (Å²) in [5, 5.41) is 8.42. The minimum atomic E-state index is 0.0982. The molecule has 0 aliphatic carbocycles. The molecule has 4 heteroatoms. The van der Waals surface area contributed by atoms with E-state index in [1.807, 2.05) is 4.68 Å². The Hall–Kier alpha value is -0.130. The SMILES string of the molecule is CCCCn1nnc(C(C)(C)C)c1I. The van der Waals surface area contributed by atoms with Crippen molar-refractivity contribution in [1.82, 2.24) is 15.0 Å². The fraction of sp³-hybridized carbons (Fsp3) is 0.800. The van der Waals surface area contributed by atoms with E-state index in [4.69, 9.17) is 0 Å². The second-order valence-corrected chi connectivity index (χ2v) is 5.58. The van der Waals surface area contributed by atoms with Gasteiger partial charge in [0, 0.05) is 12.0 Å². The third-order valence-electron chi connectivity index (χ3n) is 2.11. The van der Waals surface area contributed by atoms with Crippen molar-refractivity contribution in [2.45, 2.75) is 52.5 Å². The van der Waals surface area contributed by atoms with Gasteiger partial charge in [-0.3, -0.25) is 0 Å². The third kappa shape index (κ3) is 2.68. The lowest BCUT2D eigenvalue weighted by Gasteiger charge is -2.14. The maximum Gasteiger partial charge on any atom is 0.123 e. The van der Waals surface area contributed by atoms with Crippen molar-refractivity contribution in [3.8, 4) is 0 Å². The molecule has 80 valence electrons. The zero-order valence-corrected chi connectivity index (χ0v) is 11.5. The highest BCUT2D eigenvalue weighted by Crippen LogP contribution is 2.24. The summed E-state index contributed by atoms with van der Waals surface area (Å²) >= 11 is 2.34. The van der Waals surface area contributed by atoms with E-state index in [9.17, 15) is 0 Å². The second-order valence-electron chi connectivity index (χ2n) is 4.56. The van der Waals surface area contributed by atoms with E-state index < -0.39 is 0 Å². The summed E-state index contributed by atoms with van der Waals surface area (Å²) in [5.74, 6) is 0. The molecular formula is C10H18IN3. The molecule has 0 bridgehead atoms. The number of halogens is 1. The predicted octanol–water partition coefficient (Wildman–Crippen LogP) is 2.98.